The van der Waals surface area contributed by atoms with Crippen molar-refractivity contribution in [2.24, 2.45) is 11.8 Å². The Morgan fingerprint density at radius 1 is 1.10 bits per heavy atom. The number of benzene rings is 2. The summed E-state index contributed by atoms with van der Waals surface area (Å²) in [6, 6.07) is 12.9. The zero-order chi connectivity index (χ0) is 20.4. The first-order chi connectivity index (χ1) is 14.0. The first-order valence-corrected chi connectivity index (χ1v) is 10.1. The molecule has 3 aliphatic heterocycles. The van der Waals surface area contributed by atoms with Crippen molar-refractivity contribution >= 4 is 28.3 Å². The lowest BCUT2D eigenvalue weighted by atomic mass is 9.66. The van der Waals surface area contributed by atoms with Crippen molar-refractivity contribution in [2.45, 2.75) is 43.8 Å². The van der Waals surface area contributed by atoms with Gasteiger partial charge in [0.2, 0.25) is 11.8 Å². The lowest BCUT2D eigenvalue weighted by Gasteiger charge is -2.30. The molecule has 3 heterocycles. The van der Waals surface area contributed by atoms with Gasteiger partial charge in [-0.3, -0.25) is 9.59 Å². The second kappa shape index (κ2) is 6.12. The van der Waals surface area contributed by atoms with Crippen LogP contribution >= 0.6 is 0 Å². The summed E-state index contributed by atoms with van der Waals surface area (Å²) in [4.78, 5) is 28.5. The fourth-order valence-electron chi connectivity index (χ4n) is 5.90. The molecule has 148 valence electrons. The number of ether oxygens (including phenoxy) is 1. The largest absolute Gasteiger partial charge is 0.396 e. The number of hydrogen-bond donors (Lipinski definition) is 1. The topological polar surface area (TPSA) is 90.6 Å². The van der Waals surface area contributed by atoms with Crippen LogP contribution in [0.1, 0.15) is 38.2 Å². The predicted octanol–water partition coefficient (Wildman–Crippen LogP) is 2.91. The number of rotatable bonds is 4. The monoisotopic (exact) mass is 390 g/mol. The van der Waals surface area contributed by atoms with E-state index < -0.39 is 23.0 Å². The summed E-state index contributed by atoms with van der Waals surface area (Å²) in [7, 11) is 0. The van der Waals surface area contributed by atoms with Gasteiger partial charge in [0.25, 0.3) is 0 Å². The van der Waals surface area contributed by atoms with Crippen molar-refractivity contribution < 1.29 is 19.4 Å². The second-order valence-corrected chi connectivity index (χ2v) is 8.32. The molecule has 5 rings (SSSR count). The molecule has 2 aromatic rings. The van der Waals surface area contributed by atoms with Gasteiger partial charge in [-0.1, -0.05) is 31.2 Å². The molecule has 3 aliphatic rings. The number of nitriles is 1. The van der Waals surface area contributed by atoms with Gasteiger partial charge in [0.05, 0.1) is 40.4 Å². The van der Waals surface area contributed by atoms with E-state index in [1.165, 1.54) is 4.90 Å². The van der Waals surface area contributed by atoms with Gasteiger partial charge in [0, 0.05) is 23.8 Å². The van der Waals surface area contributed by atoms with Crippen molar-refractivity contribution in [3.05, 3.63) is 42.0 Å². The summed E-state index contributed by atoms with van der Waals surface area (Å²) in [6.45, 7) is 1.92. The minimum absolute atomic E-state index is 0.0791. The van der Waals surface area contributed by atoms with Gasteiger partial charge in [0.1, 0.15) is 0 Å². The van der Waals surface area contributed by atoms with Gasteiger partial charge >= 0.3 is 0 Å². The maximum atomic E-state index is 13.6. The normalized spacial score (nSPS) is 32.8. The Morgan fingerprint density at radius 3 is 2.41 bits per heavy atom. The van der Waals surface area contributed by atoms with E-state index in [0.29, 0.717) is 35.9 Å². The quantitative estimate of drug-likeness (QED) is 0.811. The van der Waals surface area contributed by atoms with Crippen LogP contribution in [0.3, 0.4) is 0 Å². The van der Waals surface area contributed by atoms with Gasteiger partial charge in [0.15, 0.2) is 0 Å². The first-order valence-electron chi connectivity index (χ1n) is 10.1. The third-order valence-corrected chi connectivity index (χ3v) is 7.21. The van der Waals surface area contributed by atoms with E-state index in [-0.39, 0.29) is 18.4 Å². The maximum absolute atomic E-state index is 13.6. The number of nitrogens with zero attached hydrogens (tertiary/aromatic N) is 2. The number of imide groups is 1. The van der Waals surface area contributed by atoms with Crippen LogP contribution in [0.2, 0.25) is 0 Å². The maximum Gasteiger partial charge on any atom is 0.240 e. The Morgan fingerprint density at radius 2 is 1.76 bits per heavy atom. The highest BCUT2D eigenvalue weighted by molar-refractivity contribution is 6.26. The third-order valence-electron chi connectivity index (χ3n) is 7.21. The van der Waals surface area contributed by atoms with Gasteiger partial charge < -0.3 is 9.84 Å². The van der Waals surface area contributed by atoms with E-state index in [0.717, 1.165) is 11.8 Å². The highest BCUT2D eigenvalue weighted by Crippen LogP contribution is 2.63. The minimum Gasteiger partial charge on any atom is -0.396 e. The molecule has 6 heteroatoms. The molecule has 0 aromatic heterocycles. The van der Waals surface area contributed by atoms with Crippen LogP contribution in [0.4, 0.5) is 5.69 Å². The first kappa shape index (κ1) is 18.3. The van der Waals surface area contributed by atoms with Gasteiger partial charge in [-0.2, -0.15) is 5.26 Å². The number of fused-ring (bicyclic) bond motifs is 6. The number of carbonyl (C=O) groups excluding carboxylic acids is 2. The van der Waals surface area contributed by atoms with E-state index in [2.05, 4.69) is 6.07 Å². The van der Waals surface area contributed by atoms with Crippen LogP contribution in [0.25, 0.3) is 10.8 Å². The molecular formula is C23H22N2O4. The summed E-state index contributed by atoms with van der Waals surface area (Å²) < 4.78 is 6.38. The van der Waals surface area contributed by atoms with Crippen molar-refractivity contribution in [3.8, 4) is 6.07 Å². The van der Waals surface area contributed by atoms with E-state index in [1.54, 1.807) is 12.1 Å². The smallest absolute Gasteiger partial charge is 0.240 e. The predicted molar refractivity (Wildman–Crippen MR) is 106 cm³/mol. The van der Waals surface area contributed by atoms with E-state index >= 15 is 0 Å². The fourth-order valence-corrected chi connectivity index (χ4v) is 5.90. The Hall–Kier alpha value is -2.75. The summed E-state index contributed by atoms with van der Waals surface area (Å²) in [5.41, 5.74) is -0.370. The van der Waals surface area contributed by atoms with Crippen molar-refractivity contribution in [2.75, 3.05) is 11.5 Å². The molecule has 0 aliphatic carbocycles. The van der Waals surface area contributed by atoms with Crippen LogP contribution in [0.15, 0.2) is 36.4 Å². The summed E-state index contributed by atoms with van der Waals surface area (Å²) >= 11 is 0. The molecule has 0 saturated carbocycles. The fraction of sp³-hybridized carbons (Fsp3) is 0.435. The van der Waals surface area contributed by atoms with Gasteiger partial charge in [-0.05, 0) is 31.4 Å². The summed E-state index contributed by atoms with van der Waals surface area (Å²) in [6.07, 6.45) is 2.43. The average Bonchev–Trinajstić information content (AvgIpc) is 3.34. The number of anilines is 1. The molecule has 2 amide bonds. The highest BCUT2D eigenvalue weighted by Gasteiger charge is 2.74. The standard InChI is InChI=1S/C23H22N2O4/c1-2-22-9-10-23(29-22,11-12-26)19-18(22)20(27)25(21(19)28)17-8-7-14(13-24)15-5-3-4-6-16(15)17/h3-8,18-19,26H,2,9-12H2,1H3/t18-,19+,22-,23-/m0/s1. The molecule has 2 aromatic carbocycles. The van der Waals surface area contributed by atoms with E-state index in [4.69, 9.17) is 4.74 Å². The number of amides is 2. The highest BCUT2D eigenvalue weighted by atomic mass is 16.5. The molecule has 6 nitrogen and oxygen atoms in total. The van der Waals surface area contributed by atoms with Gasteiger partial charge in [-0.25, -0.2) is 4.90 Å². The van der Waals surface area contributed by atoms with Crippen LogP contribution in [0.5, 0.6) is 0 Å². The van der Waals surface area contributed by atoms with Crippen molar-refractivity contribution in [1.29, 1.82) is 5.26 Å². The molecule has 0 unspecified atom stereocenters. The molecule has 3 fully saturated rings. The summed E-state index contributed by atoms with van der Waals surface area (Å²) in [5, 5.41) is 20.5. The molecule has 3 saturated heterocycles. The Balaban J connectivity index is 1.67. The van der Waals surface area contributed by atoms with E-state index in [1.807, 2.05) is 31.2 Å². The van der Waals surface area contributed by atoms with Crippen molar-refractivity contribution in [1.82, 2.24) is 0 Å². The Bertz CT molecular complexity index is 1090. The minimum atomic E-state index is -0.765. The molecule has 29 heavy (non-hydrogen) atoms. The third kappa shape index (κ3) is 2.17. The summed E-state index contributed by atoms with van der Waals surface area (Å²) in [5.74, 6) is -1.56. The lowest BCUT2D eigenvalue weighted by molar-refractivity contribution is -0.132. The van der Waals surface area contributed by atoms with Crippen LogP contribution in [-0.4, -0.2) is 34.7 Å². The van der Waals surface area contributed by atoms with Gasteiger partial charge in [-0.15, -0.1) is 0 Å². The molecule has 0 radical (unpaired) electrons. The second-order valence-electron chi connectivity index (χ2n) is 8.32. The number of aliphatic hydroxyl groups is 1. The van der Waals surface area contributed by atoms with Crippen LogP contribution < -0.4 is 4.90 Å². The lowest BCUT2D eigenvalue weighted by Crippen LogP contribution is -2.43. The molecular weight excluding hydrogens is 368 g/mol. The molecule has 0 spiro atoms. The number of carbonyl (C=O) groups is 2. The van der Waals surface area contributed by atoms with Crippen LogP contribution in [0, 0.1) is 23.2 Å². The number of hydrogen-bond acceptors (Lipinski definition) is 5. The van der Waals surface area contributed by atoms with Crippen molar-refractivity contribution in [3.63, 3.8) is 0 Å². The zero-order valence-electron chi connectivity index (χ0n) is 16.2. The zero-order valence-corrected chi connectivity index (χ0v) is 16.2. The number of aliphatic hydroxyl groups excluding tert-OH is 1. The average molecular weight is 390 g/mol. The SMILES string of the molecule is CC[C@@]12CC[C@@](CCO)(O1)[C@H]1C(=O)N(c3ccc(C#N)c4ccccc34)C(=O)[C@H]12. The molecule has 4 atom stereocenters. The van der Waals surface area contributed by atoms with E-state index in [9.17, 15) is 20.0 Å². The Labute approximate surface area is 168 Å². The van der Waals surface area contributed by atoms with Crippen LogP contribution in [-0.2, 0) is 14.3 Å². The Kier molecular flexibility index (Phi) is 3.86. The molecule has 2 bridgehead atoms. The molecule has 1 N–H and O–H groups in total.